The van der Waals surface area contributed by atoms with Gasteiger partial charge in [0.25, 0.3) is 0 Å². The van der Waals surface area contributed by atoms with E-state index < -0.39 is 9.84 Å². The molecule has 1 unspecified atom stereocenters. The van der Waals surface area contributed by atoms with Crippen molar-refractivity contribution in [3.8, 4) is 0 Å². The van der Waals surface area contributed by atoms with E-state index in [1.807, 2.05) is 6.92 Å². The Bertz CT molecular complexity index is 471. The van der Waals surface area contributed by atoms with E-state index in [0.29, 0.717) is 24.5 Å². The van der Waals surface area contributed by atoms with Crippen LogP contribution >= 0.6 is 0 Å². The first kappa shape index (κ1) is 15.9. The summed E-state index contributed by atoms with van der Waals surface area (Å²) in [5.41, 5.74) is 6.44. The van der Waals surface area contributed by atoms with Gasteiger partial charge >= 0.3 is 0 Å². The quantitative estimate of drug-likeness (QED) is 0.752. The Balaban J connectivity index is 2.76. The zero-order valence-electron chi connectivity index (χ0n) is 11.4. The molecule has 0 aromatic heterocycles. The molecule has 0 saturated carbocycles. The molecule has 19 heavy (non-hydrogen) atoms. The highest BCUT2D eigenvalue weighted by molar-refractivity contribution is 7.91. The number of benzene rings is 1. The highest BCUT2D eigenvalue weighted by Crippen LogP contribution is 2.16. The lowest BCUT2D eigenvalue weighted by atomic mass is 10.2. The van der Waals surface area contributed by atoms with Crippen LogP contribution in [0.25, 0.3) is 0 Å². The maximum atomic E-state index is 11.9. The van der Waals surface area contributed by atoms with E-state index in [-0.39, 0.29) is 11.8 Å². The van der Waals surface area contributed by atoms with Crippen LogP contribution in [0.5, 0.6) is 0 Å². The van der Waals surface area contributed by atoms with E-state index in [1.54, 1.807) is 31.4 Å². The minimum Gasteiger partial charge on any atom is -0.383 e. The van der Waals surface area contributed by atoms with Gasteiger partial charge in [-0.05, 0) is 30.7 Å². The minimum atomic E-state index is -3.15. The molecule has 0 radical (unpaired) electrons. The minimum absolute atomic E-state index is 0.0168. The summed E-state index contributed by atoms with van der Waals surface area (Å²) in [6, 6.07) is 6.76. The van der Waals surface area contributed by atoms with E-state index in [2.05, 4.69) is 5.32 Å². The van der Waals surface area contributed by atoms with Crippen LogP contribution in [0.3, 0.4) is 0 Å². The number of hydrogen-bond donors (Lipinski definition) is 2. The second-order valence-corrected chi connectivity index (χ2v) is 6.48. The third-order valence-corrected chi connectivity index (χ3v) is 4.65. The van der Waals surface area contributed by atoms with Crippen LogP contribution in [0.15, 0.2) is 29.2 Å². The van der Waals surface area contributed by atoms with Gasteiger partial charge in [-0.2, -0.15) is 0 Å². The van der Waals surface area contributed by atoms with Crippen molar-refractivity contribution in [3.05, 3.63) is 24.3 Å². The molecule has 108 valence electrons. The Kier molecular flexibility index (Phi) is 6.27. The molecule has 0 fully saturated rings. The van der Waals surface area contributed by atoms with Crippen molar-refractivity contribution in [1.82, 2.24) is 0 Å². The van der Waals surface area contributed by atoms with Crippen molar-refractivity contribution in [2.24, 2.45) is 5.73 Å². The number of rotatable bonds is 8. The van der Waals surface area contributed by atoms with Gasteiger partial charge in [0, 0.05) is 19.3 Å². The highest BCUT2D eigenvalue weighted by Gasteiger charge is 2.13. The maximum Gasteiger partial charge on any atom is 0.178 e. The average molecular weight is 286 g/mol. The van der Waals surface area contributed by atoms with Gasteiger partial charge in [-0.1, -0.05) is 6.92 Å². The molecule has 0 spiro atoms. The van der Waals surface area contributed by atoms with Gasteiger partial charge in [0.15, 0.2) is 9.84 Å². The summed E-state index contributed by atoms with van der Waals surface area (Å²) in [6.07, 6.45) is 0.616. The van der Waals surface area contributed by atoms with Crippen LogP contribution in [0.1, 0.15) is 13.3 Å². The van der Waals surface area contributed by atoms with Crippen LogP contribution in [-0.2, 0) is 14.6 Å². The molecule has 0 aliphatic carbocycles. The molecule has 6 heteroatoms. The van der Waals surface area contributed by atoms with Gasteiger partial charge in [0.05, 0.1) is 23.3 Å². The zero-order valence-corrected chi connectivity index (χ0v) is 12.2. The molecule has 3 N–H and O–H groups in total. The number of nitrogens with one attached hydrogen (secondary N) is 1. The van der Waals surface area contributed by atoms with Crippen molar-refractivity contribution in [1.29, 1.82) is 0 Å². The highest BCUT2D eigenvalue weighted by atomic mass is 32.2. The van der Waals surface area contributed by atoms with Crippen molar-refractivity contribution in [2.45, 2.75) is 24.3 Å². The van der Waals surface area contributed by atoms with Gasteiger partial charge in [-0.25, -0.2) is 8.42 Å². The van der Waals surface area contributed by atoms with E-state index in [4.69, 9.17) is 10.5 Å². The Morgan fingerprint density at radius 2 is 1.95 bits per heavy atom. The Morgan fingerprint density at radius 1 is 1.32 bits per heavy atom. The fourth-order valence-electron chi connectivity index (χ4n) is 1.75. The number of nitrogens with two attached hydrogens (primary N) is 1. The average Bonchev–Trinajstić information content (AvgIpc) is 2.39. The monoisotopic (exact) mass is 286 g/mol. The van der Waals surface area contributed by atoms with Crippen molar-refractivity contribution < 1.29 is 13.2 Å². The molecule has 1 rings (SSSR count). The van der Waals surface area contributed by atoms with E-state index in [9.17, 15) is 8.42 Å². The normalized spacial score (nSPS) is 13.2. The van der Waals surface area contributed by atoms with Crippen molar-refractivity contribution in [3.63, 3.8) is 0 Å². The van der Waals surface area contributed by atoms with Gasteiger partial charge in [0.2, 0.25) is 0 Å². The second-order valence-electron chi connectivity index (χ2n) is 4.38. The number of sulfone groups is 1. The largest absolute Gasteiger partial charge is 0.383 e. The molecular weight excluding hydrogens is 264 g/mol. The first-order valence-electron chi connectivity index (χ1n) is 6.31. The smallest absolute Gasteiger partial charge is 0.178 e. The van der Waals surface area contributed by atoms with Gasteiger partial charge < -0.3 is 15.8 Å². The summed E-state index contributed by atoms with van der Waals surface area (Å²) >= 11 is 0. The van der Waals surface area contributed by atoms with Crippen molar-refractivity contribution in [2.75, 3.05) is 31.3 Å². The molecule has 1 atom stereocenters. The lowest BCUT2D eigenvalue weighted by Crippen LogP contribution is -2.33. The van der Waals surface area contributed by atoms with Crippen LogP contribution in [0.4, 0.5) is 5.69 Å². The number of methoxy groups -OCH3 is 1. The molecule has 0 aliphatic rings. The predicted molar refractivity (Wildman–Crippen MR) is 77.1 cm³/mol. The molecule has 0 saturated heterocycles. The summed E-state index contributed by atoms with van der Waals surface area (Å²) in [7, 11) is -1.53. The predicted octanol–water partition coefficient (Wildman–Crippen LogP) is 1.26. The molecule has 5 nitrogen and oxygen atoms in total. The summed E-state index contributed by atoms with van der Waals surface area (Å²) in [4.78, 5) is 0.357. The fraction of sp³-hybridized carbons (Fsp3) is 0.538. The molecular formula is C13H22N2O3S. The molecule has 0 aliphatic heterocycles. The summed E-state index contributed by atoms with van der Waals surface area (Å²) in [5, 5.41) is 3.20. The van der Waals surface area contributed by atoms with Crippen LogP contribution in [0.2, 0.25) is 0 Å². The van der Waals surface area contributed by atoms with Crippen molar-refractivity contribution >= 4 is 15.5 Å². The standard InChI is InChI=1S/C13H22N2O3S/c1-3-8-19(16,17)13-6-4-11(5-7-13)15-12(9-14)10-18-2/h4-7,12,15H,3,8-10,14H2,1-2H3. The summed E-state index contributed by atoms with van der Waals surface area (Å²) in [5.74, 6) is 0.175. The van der Waals surface area contributed by atoms with E-state index in [0.717, 1.165) is 5.69 Å². The molecule has 0 bridgehead atoms. The number of hydrogen-bond acceptors (Lipinski definition) is 5. The lowest BCUT2D eigenvalue weighted by molar-refractivity contribution is 0.187. The number of ether oxygens (including phenoxy) is 1. The Hall–Kier alpha value is -1.11. The second kappa shape index (κ2) is 7.47. The van der Waals surface area contributed by atoms with Gasteiger partial charge in [0.1, 0.15) is 0 Å². The lowest BCUT2D eigenvalue weighted by Gasteiger charge is -2.17. The fourth-order valence-corrected chi connectivity index (χ4v) is 3.07. The molecule has 0 amide bonds. The zero-order chi connectivity index (χ0) is 14.3. The topological polar surface area (TPSA) is 81.4 Å². The van der Waals surface area contributed by atoms with Crippen LogP contribution in [0, 0.1) is 0 Å². The third-order valence-electron chi connectivity index (χ3n) is 2.71. The van der Waals surface area contributed by atoms with Crippen LogP contribution < -0.4 is 11.1 Å². The first-order valence-corrected chi connectivity index (χ1v) is 7.97. The van der Waals surface area contributed by atoms with Gasteiger partial charge in [-0.15, -0.1) is 0 Å². The molecule has 1 aromatic rings. The maximum absolute atomic E-state index is 11.9. The molecule has 0 heterocycles. The SMILES string of the molecule is CCCS(=O)(=O)c1ccc(NC(CN)COC)cc1. The summed E-state index contributed by atoms with van der Waals surface area (Å²) < 4.78 is 28.8. The van der Waals surface area contributed by atoms with Gasteiger partial charge in [-0.3, -0.25) is 0 Å². The number of anilines is 1. The van der Waals surface area contributed by atoms with E-state index in [1.165, 1.54) is 0 Å². The third kappa shape index (κ3) is 4.81. The Labute approximate surface area is 115 Å². The first-order chi connectivity index (χ1) is 9.03. The summed E-state index contributed by atoms with van der Waals surface area (Å²) in [6.45, 7) is 2.81. The molecule has 1 aromatic carbocycles. The van der Waals surface area contributed by atoms with Crippen LogP contribution in [-0.4, -0.2) is 40.5 Å². The Morgan fingerprint density at radius 3 is 2.42 bits per heavy atom. The van der Waals surface area contributed by atoms with E-state index >= 15 is 0 Å².